The van der Waals surface area contributed by atoms with Gasteiger partial charge in [0, 0.05) is 5.97 Å². The van der Waals surface area contributed by atoms with Crippen LogP contribution in [0.2, 0.25) is 0 Å². The van der Waals surface area contributed by atoms with Crippen LogP contribution < -0.4 is 69.3 Å². The van der Waals surface area contributed by atoms with Gasteiger partial charge >= 0.3 is 59.1 Å². The Morgan fingerprint density at radius 3 is 1.97 bits per heavy atom. The number of hydrogen-bond acceptors (Lipinski definition) is 5. The van der Waals surface area contributed by atoms with E-state index in [1.165, 1.54) is 12.1 Å². The molecule has 2 aromatic carbocycles. The Hall–Kier alpha value is -0.660. The summed E-state index contributed by atoms with van der Waals surface area (Å²) in [7, 11) is 0. The quantitative estimate of drug-likeness (QED) is 0.271. The van der Waals surface area contributed by atoms with Gasteiger partial charge in [0.05, 0.1) is 5.97 Å². The van der Waals surface area contributed by atoms with Crippen molar-refractivity contribution in [2.24, 2.45) is 5.92 Å². The van der Waals surface area contributed by atoms with E-state index in [0.717, 1.165) is 25.7 Å². The molecular formula is C24H28Na2O5. The van der Waals surface area contributed by atoms with Crippen LogP contribution in [0.4, 0.5) is 0 Å². The van der Waals surface area contributed by atoms with Crippen molar-refractivity contribution in [1.82, 2.24) is 0 Å². The topological polar surface area (TPSA) is 100 Å². The summed E-state index contributed by atoms with van der Waals surface area (Å²) in [5.74, 6) is -2.78. The molecule has 0 aromatic heterocycles. The molecular weight excluding hydrogens is 414 g/mol. The number of carbonyl (C=O) groups excluding carboxylic acids is 2. The van der Waals surface area contributed by atoms with E-state index in [1.54, 1.807) is 12.1 Å². The summed E-state index contributed by atoms with van der Waals surface area (Å²) in [5.41, 5.74) is -0.223. The Bertz CT molecular complexity index is 795. The molecule has 0 heterocycles. The van der Waals surface area contributed by atoms with Crippen LogP contribution in [0.3, 0.4) is 0 Å². The molecule has 0 radical (unpaired) electrons. The minimum absolute atomic E-state index is 0. The third kappa shape index (κ3) is 8.65. The summed E-state index contributed by atoms with van der Waals surface area (Å²) in [6, 6.07) is 15.1. The minimum atomic E-state index is -1.44. The van der Waals surface area contributed by atoms with E-state index in [1.807, 2.05) is 30.3 Å². The zero-order valence-corrected chi connectivity index (χ0v) is 22.8. The van der Waals surface area contributed by atoms with Crippen molar-refractivity contribution >= 4 is 11.9 Å². The van der Waals surface area contributed by atoms with E-state index in [4.69, 9.17) is 0 Å². The summed E-state index contributed by atoms with van der Waals surface area (Å²) >= 11 is 0. The van der Waals surface area contributed by atoms with Crippen LogP contribution in [0.5, 0.6) is 0 Å². The molecule has 7 heteroatoms. The van der Waals surface area contributed by atoms with E-state index < -0.39 is 17.5 Å². The fourth-order valence-electron chi connectivity index (χ4n) is 3.86. The average molecular weight is 442 g/mol. The van der Waals surface area contributed by atoms with Gasteiger partial charge < -0.3 is 24.9 Å². The second-order valence-electron chi connectivity index (χ2n) is 7.45. The van der Waals surface area contributed by atoms with Crippen molar-refractivity contribution in [2.45, 2.75) is 57.5 Å². The Balaban J connectivity index is 0.00000450. The molecule has 0 saturated carbocycles. The molecule has 0 amide bonds. The maximum atomic E-state index is 11.9. The molecule has 2 rings (SSSR count). The first-order valence-corrected chi connectivity index (χ1v) is 10.2. The number of aromatic carboxylic acids is 1. The predicted molar refractivity (Wildman–Crippen MR) is 107 cm³/mol. The van der Waals surface area contributed by atoms with E-state index >= 15 is 0 Å². The zero-order valence-electron chi connectivity index (χ0n) is 18.8. The Morgan fingerprint density at radius 1 is 0.871 bits per heavy atom. The smallest absolute Gasteiger partial charge is 0.550 e. The fraction of sp³-hybridized carbons (Fsp3) is 0.417. The molecule has 0 aliphatic rings. The van der Waals surface area contributed by atoms with Gasteiger partial charge in [0.1, 0.15) is 5.60 Å². The molecule has 5 nitrogen and oxygen atoms in total. The standard InChI is InChI=1S/C24H30O5.2Na/c1-2-3-4-6-11-20(16-17-22(25)26)24(29,19-9-7-5-8-10-19)21-14-12-18(13-15-21)23(27)28;;/h5,7-10,12-15,20,29H,2-4,6,11,16-17H2,1H3,(H,25,26)(H,27,28);;/q;2*+1/p-2. The molecule has 0 bridgehead atoms. The number of carbonyl (C=O) groups is 2. The maximum absolute atomic E-state index is 11.9. The number of benzene rings is 2. The van der Waals surface area contributed by atoms with Crippen molar-refractivity contribution in [3.8, 4) is 0 Å². The summed E-state index contributed by atoms with van der Waals surface area (Å²) in [6.45, 7) is 2.12. The third-order valence-corrected chi connectivity index (χ3v) is 5.47. The van der Waals surface area contributed by atoms with Crippen molar-refractivity contribution in [3.63, 3.8) is 0 Å². The number of carboxylic acid groups (broad SMARTS) is 2. The SMILES string of the molecule is CCCCCCC(CCC(=O)[O-])C(O)(c1ccccc1)c1ccc(C(=O)[O-])cc1.[Na+].[Na+]. The first kappa shape index (κ1) is 30.3. The second-order valence-corrected chi connectivity index (χ2v) is 7.45. The number of aliphatic carboxylic acids is 1. The van der Waals surface area contributed by atoms with Gasteiger partial charge in [-0.05, 0) is 41.9 Å². The molecule has 0 spiro atoms. The van der Waals surface area contributed by atoms with Crippen LogP contribution in [-0.4, -0.2) is 17.0 Å². The second kappa shape index (κ2) is 15.2. The van der Waals surface area contributed by atoms with E-state index in [2.05, 4.69) is 6.92 Å². The van der Waals surface area contributed by atoms with E-state index in [9.17, 15) is 24.9 Å². The predicted octanol–water partition coefficient (Wildman–Crippen LogP) is -3.59. The molecule has 0 aliphatic heterocycles. The third-order valence-electron chi connectivity index (χ3n) is 5.47. The maximum Gasteiger partial charge on any atom is 1.00 e. The molecule has 0 aliphatic carbocycles. The zero-order chi connectivity index (χ0) is 21.3. The van der Waals surface area contributed by atoms with Crippen molar-refractivity contribution in [2.75, 3.05) is 0 Å². The van der Waals surface area contributed by atoms with Crippen molar-refractivity contribution in [1.29, 1.82) is 0 Å². The number of hydrogen-bond donors (Lipinski definition) is 1. The van der Waals surface area contributed by atoms with Gasteiger partial charge in [0.25, 0.3) is 0 Å². The van der Waals surface area contributed by atoms with Gasteiger partial charge in [0.15, 0.2) is 0 Å². The number of rotatable bonds is 12. The van der Waals surface area contributed by atoms with Gasteiger partial charge in [-0.15, -0.1) is 0 Å². The van der Waals surface area contributed by atoms with Gasteiger partial charge in [-0.1, -0.05) is 87.2 Å². The number of unbranched alkanes of at least 4 members (excludes halogenated alkanes) is 3. The van der Waals surface area contributed by atoms with Gasteiger partial charge in [-0.2, -0.15) is 0 Å². The van der Waals surface area contributed by atoms with E-state index in [-0.39, 0.29) is 83.4 Å². The normalized spacial score (nSPS) is 13.2. The molecule has 2 unspecified atom stereocenters. The molecule has 0 saturated heterocycles. The van der Waals surface area contributed by atoms with Crippen LogP contribution in [0.25, 0.3) is 0 Å². The summed E-state index contributed by atoms with van der Waals surface area (Å²) < 4.78 is 0. The Kier molecular flexibility index (Phi) is 14.9. The first-order chi connectivity index (χ1) is 13.9. The Morgan fingerprint density at radius 2 is 1.45 bits per heavy atom. The molecule has 2 aromatic rings. The summed E-state index contributed by atoms with van der Waals surface area (Å²) in [6.07, 6.45) is 4.81. The molecule has 156 valence electrons. The van der Waals surface area contributed by atoms with Crippen LogP contribution >= 0.6 is 0 Å². The van der Waals surface area contributed by atoms with Gasteiger partial charge in [-0.25, -0.2) is 0 Å². The monoisotopic (exact) mass is 442 g/mol. The Labute approximate surface area is 228 Å². The fourth-order valence-corrected chi connectivity index (χ4v) is 3.86. The van der Waals surface area contributed by atoms with Crippen LogP contribution in [-0.2, 0) is 10.4 Å². The number of carboxylic acids is 2. The number of aliphatic hydroxyl groups is 1. The van der Waals surface area contributed by atoms with Gasteiger partial charge in [0.2, 0.25) is 0 Å². The molecule has 0 fully saturated rings. The van der Waals surface area contributed by atoms with Crippen LogP contribution in [0.15, 0.2) is 54.6 Å². The molecule has 31 heavy (non-hydrogen) atoms. The van der Waals surface area contributed by atoms with E-state index in [0.29, 0.717) is 17.5 Å². The largest absolute Gasteiger partial charge is 1.00 e. The van der Waals surface area contributed by atoms with Crippen LogP contribution in [0, 0.1) is 5.92 Å². The van der Waals surface area contributed by atoms with Crippen LogP contribution in [0.1, 0.15) is 73.4 Å². The molecule has 2 atom stereocenters. The first-order valence-electron chi connectivity index (χ1n) is 10.2. The summed E-state index contributed by atoms with van der Waals surface area (Å²) in [4.78, 5) is 22.2. The summed E-state index contributed by atoms with van der Waals surface area (Å²) in [5, 5.41) is 34.2. The molecule has 1 N–H and O–H groups in total. The van der Waals surface area contributed by atoms with Gasteiger partial charge in [-0.3, -0.25) is 0 Å². The minimum Gasteiger partial charge on any atom is -0.550 e. The van der Waals surface area contributed by atoms with Crippen molar-refractivity contribution in [3.05, 3.63) is 71.3 Å². The van der Waals surface area contributed by atoms with Crippen molar-refractivity contribution < 1.29 is 84.0 Å². The average Bonchev–Trinajstić information content (AvgIpc) is 2.73.